The number of hydrogen-bond donors (Lipinski definition) is 1. The number of nitrogens with zero attached hydrogens (tertiary/aromatic N) is 5. The van der Waals surface area contributed by atoms with E-state index in [1.54, 1.807) is 22.2 Å². The van der Waals surface area contributed by atoms with Gasteiger partial charge in [0.1, 0.15) is 17.0 Å². The van der Waals surface area contributed by atoms with E-state index in [1.165, 1.54) is 17.7 Å². The van der Waals surface area contributed by atoms with Crippen LogP contribution in [0.4, 0.5) is 5.69 Å². The van der Waals surface area contributed by atoms with Crippen molar-refractivity contribution in [2.45, 2.75) is 6.92 Å². The molecule has 134 valence electrons. The predicted molar refractivity (Wildman–Crippen MR) is 104 cm³/mol. The number of anilines is 1. The van der Waals surface area contributed by atoms with Gasteiger partial charge in [0.15, 0.2) is 0 Å². The van der Waals surface area contributed by atoms with Crippen molar-refractivity contribution in [3.8, 4) is 16.3 Å². The number of amides is 1. The molecule has 0 aliphatic heterocycles. The standard InChI is InChI=1S/C18H13ClN6OS/c1-11-2-7-14(8-16(11)25-10-20-23-24-25)21-17(26)15-9-27-18(22-15)12-3-5-13(19)6-4-12/h2-10H,1H3,(H,21,26). The lowest BCUT2D eigenvalue weighted by atomic mass is 10.2. The van der Waals surface area contributed by atoms with Crippen LogP contribution in [0.15, 0.2) is 54.2 Å². The van der Waals surface area contributed by atoms with Gasteiger partial charge in [-0.25, -0.2) is 9.67 Å². The van der Waals surface area contributed by atoms with Gasteiger partial charge in [-0.3, -0.25) is 4.79 Å². The molecule has 0 saturated heterocycles. The van der Waals surface area contributed by atoms with E-state index in [0.717, 1.165) is 21.8 Å². The predicted octanol–water partition coefficient (Wildman–Crippen LogP) is 4.00. The molecule has 0 radical (unpaired) electrons. The number of aryl methyl sites for hydroxylation is 1. The molecule has 4 aromatic rings. The summed E-state index contributed by atoms with van der Waals surface area (Å²) >= 11 is 7.32. The van der Waals surface area contributed by atoms with Gasteiger partial charge >= 0.3 is 0 Å². The summed E-state index contributed by atoms with van der Waals surface area (Å²) in [6.07, 6.45) is 1.51. The molecule has 0 atom stereocenters. The van der Waals surface area contributed by atoms with Crippen molar-refractivity contribution in [1.29, 1.82) is 0 Å². The summed E-state index contributed by atoms with van der Waals surface area (Å²) in [6.45, 7) is 1.95. The number of benzene rings is 2. The maximum Gasteiger partial charge on any atom is 0.275 e. The summed E-state index contributed by atoms with van der Waals surface area (Å²) in [5.41, 5.74) is 3.68. The average Bonchev–Trinajstić information content (AvgIpc) is 3.36. The Balaban J connectivity index is 1.55. The molecule has 1 amide bonds. The number of nitrogens with one attached hydrogen (secondary N) is 1. The van der Waals surface area contributed by atoms with Gasteiger partial charge in [-0.05, 0) is 47.2 Å². The van der Waals surface area contributed by atoms with Crippen LogP contribution in [0.2, 0.25) is 5.02 Å². The van der Waals surface area contributed by atoms with Crippen molar-refractivity contribution in [2.24, 2.45) is 0 Å². The molecule has 1 N–H and O–H groups in total. The summed E-state index contributed by atoms with van der Waals surface area (Å²) in [7, 11) is 0. The van der Waals surface area contributed by atoms with Crippen LogP contribution in [0.1, 0.15) is 16.1 Å². The number of aromatic nitrogens is 5. The largest absolute Gasteiger partial charge is 0.321 e. The van der Waals surface area contributed by atoms with Crippen molar-refractivity contribution in [2.75, 3.05) is 5.32 Å². The first-order chi connectivity index (χ1) is 13.1. The van der Waals surface area contributed by atoms with E-state index < -0.39 is 0 Å². The van der Waals surface area contributed by atoms with Crippen LogP contribution in [0.5, 0.6) is 0 Å². The molecule has 0 saturated carbocycles. The Bertz CT molecular complexity index is 1090. The second-order valence-electron chi connectivity index (χ2n) is 5.75. The van der Waals surface area contributed by atoms with E-state index in [2.05, 4.69) is 25.8 Å². The third-order valence-electron chi connectivity index (χ3n) is 3.89. The number of tetrazole rings is 1. The van der Waals surface area contributed by atoms with E-state index >= 15 is 0 Å². The molecule has 7 nitrogen and oxygen atoms in total. The lowest BCUT2D eigenvalue weighted by molar-refractivity contribution is 0.102. The second kappa shape index (κ2) is 7.26. The molecule has 2 heterocycles. The Labute approximate surface area is 163 Å². The van der Waals surface area contributed by atoms with Gasteiger partial charge in [0.05, 0.1) is 5.69 Å². The molecule has 27 heavy (non-hydrogen) atoms. The third kappa shape index (κ3) is 3.71. The van der Waals surface area contributed by atoms with E-state index in [0.29, 0.717) is 16.4 Å². The number of hydrogen-bond acceptors (Lipinski definition) is 6. The highest BCUT2D eigenvalue weighted by Crippen LogP contribution is 2.26. The Morgan fingerprint density at radius 1 is 1.19 bits per heavy atom. The van der Waals surface area contributed by atoms with E-state index in [4.69, 9.17) is 11.6 Å². The Hall–Kier alpha value is -3.10. The number of carbonyl (C=O) groups excluding carboxylic acids is 1. The molecule has 0 unspecified atom stereocenters. The highest BCUT2D eigenvalue weighted by atomic mass is 35.5. The van der Waals surface area contributed by atoms with Crippen molar-refractivity contribution in [3.05, 3.63) is 70.5 Å². The number of rotatable bonds is 4. The zero-order valence-corrected chi connectivity index (χ0v) is 15.7. The first-order valence-corrected chi connectivity index (χ1v) is 9.23. The summed E-state index contributed by atoms with van der Waals surface area (Å²) in [6, 6.07) is 12.9. The van der Waals surface area contributed by atoms with E-state index in [-0.39, 0.29) is 5.91 Å². The Morgan fingerprint density at radius 2 is 2.00 bits per heavy atom. The molecule has 0 fully saturated rings. The molecule has 0 aliphatic carbocycles. The maximum atomic E-state index is 12.6. The highest BCUT2D eigenvalue weighted by molar-refractivity contribution is 7.13. The van der Waals surface area contributed by atoms with Crippen LogP contribution in [0.25, 0.3) is 16.3 Å². The molecule has 0 aliphatic rings. The smallest absolute Gasteiger partial charge is 0.275 e. The summed E-state index contributed by atoms with van der Waals surface area (Å²) in [4.78, 5) is 17.0. The molecular weight excluding hydrogens is 384 g/mol. The van der Waals surface area contributed by atoms with Crippen molar-refractivity contribution >= 4 is 34.5 Å². The highest BCUT2D eigenvalue weighted by Gasteiger charge is 2.13. The zero-order chi connectivity index (χ0) is 18.8. The Morgan fingerprint density at radius 3 is 2.74 bits per heavy atom. The quantitative estimate of drug-likeness (QED) is 0.563. The van der Waals surface area contributed by atoms with Crippen LogP contribution in [0.3, 0.4) is 0 Å². The van der Waals surface area contributed by atoms with Gasteiger partial charge in [-0.2, -0.15) is 0 Å². The van der Waals surface area contributed by atoms with Crippen LogP contribution < -0.4 is 5.32 Å². The molecule has 2 aromatic heterocycles. The number of halogens is 1. The van der Waals surface area contributed by atoms with Gasteiger partial charge < -0.3 is 5.32 Å². The molecule has 2 aromatic carbocycles. The monoisotopic (exact) mass is 396 g/mol. The minimum absolute atomic E-state index is 0.280. The topological polar surface area (TPSA) is 85.6 Å². The minimum atomic E-state index is -0.280. The lowest BCUT2D eigenvalue weighted by Gasteiger charge is -2.08. The molecule has 0 spiro atoms. The first kappa shape index (κ1) is 17.3. The summed E-state index contributed by atoms with van der Waals surface area (Å²) < 4.78 is 1.55. The minimum Gasteiger partial charge on any atom is -0.321 e. The third-order valence-corrected chi connectivity index (χ3v) is 5.03. The van der Waals surface area contributed by atoms with Crippen LogP contribution in [-0.4, -0.2) is 31.1 Å². The zero-order valence-electron chi connectivity index (χ0n) is 14.1. The SMILES string of the molecule is Cc1ccc(NC(=O)c2csc(-c3ccc(Cl)cc3)n2)cc1-n1cnnn1. The fraction of sp³-hybridized carbons (Fsp3) is 0.0556. The molecule has 4 rings (SSSR count). The van der Waals surface area contributed by atoms with Gasteiger partial charge in [0.2, 0.25) is 0 Å². The summed E-state index contributed by atoms with van der Waals surface area (Å²) in [5.74, 6) is -0.280. The number of thiazole rings is 1. The van der Waals surface area contributed by atoms with Gasteiger partial charge in [-0.15, -0.1) is 16.4 Å². The first-order valence-electron chi connectivity index (χ1n) is 7.97. The molecule has 0 bridgehead atoms. The van der Waals surface area contributed by atoms with E-state index in [1.807, 2.05) is 37.3 Å². The summed E-state index contributed by atoms with van der Waals surface area (Å²) in [5, 5.41) is 17.2. The fourth-order valence-electron chi connectivity index (χ4n) is 2.50. The van der Waals surface area contributed by atoms with Crippen LogP contribution in [0, 0.1) is 6.92 Å². The van der Waals surface area contributed by atoms with Gasteiger partial charge in [0, 0.05) is 21.7 Å². The molecular formula is C18H13ClN6OS. The Kier molecular flexibility index (Phi) is 4.66. The van der Waals surface area contributed by atoms with Crippen LogP contribution >= 0.6 is 22.9 Å². The van der Waals surface area contributed by atoms with Crippen molar-refractivity contribution in [1.82, 2.24) is 25.2 Å². The van der Waals surface area contributed by atoms with Crippen LogP contribution in [-0.2, 0) is 0 Å². The van der Waals surface area contributed by atoms with Gasteiger partial charge in [0.25, 0.3) is 5.91 Å². The maximum absolute atomic E-state index is 12.6. The normalized spacial score (nSPS) is 10.7. The second-order valence-corrected chi connectivity index (χ2v) is 7.05. The van der Waals surface area contributed by atoms with Gasteiger partial charge in [-0.1, -0.05) is 29.8 Å². The fourth-order valence-corrected chi connectivity index (χ4v) is 3.44. The van der Waals surface area contributed by atoms with E-state index in [9.17, 15) is 4.79 Å². The lowest BCUT2D eigenvalue weighted by Crippen LogP contribution is -2.13. The number of carbonyl (C=O) groups is 1. The molecule has 9 heteroatoms. The average molecular weight is 397 g/mol. The van der Waals surface area contributed by atoms with Crippen molar-refractivity contribution < 1.29 is 4.79 Å². The van der Waals surface area contributed by atoms with Crippen molar-refractivity contribution in [3.63, 3.8) is 0 Å².